The molecule has 8 N–H and O–H groups in total. The van der Waals surface area contributed by atoms with E-state index in [2.05, 4.69) is 20.3 Å². The number of piperidine rings is 1. The summed E-state index contributed by atoms with van der Waals surface area (Å²) in [6.07, 6.45) is 4.78. The van der Waals surface area contributed by atoms with E-state index in [4.69, 9.17) is 17.2 Å². The molecule has 0 spiro atoms. The average Bonchev–Trinajstić information content (AvgIpc) is 2.80. The standard InChI is InChI=1S/C22H22F2N8O3/c23-11-6-13(26)19(30-17(11)18-12(24)7-14(27)20(31-18)22(34)35)21(33)29-15-8-28-4-3-16(15)32-5-1-2-10(25)9-32/h3-4,6-8,10H,1-2,5,9,25-27H2,(H,29,33)(H,34,35). The number of carbonyl (C=O) groups excluding carboxylic acids is 1. The summed E-state index contributed by atoms with van der Waals surface area (Å²) in [4.78, 5) is 37.9. The van der Waals surface area contributed by atoms with Crippen LogP contribution in [0.4, 0.5) is 31.5 Å². The molecule has 1 aliphatic rings. The van der Waals surface area contributed by atoms with Crippen molar-refractivity contribution in [3.63, 3.8) is 0 Å². The number of pyridine rings is 3. The Morgan fingerprint density at radius 3 is 2.34 bits per heavy atom. The van der Waals surface area contributed by atoms with Gasteiger partial charge in [0.2, 0.25) is 0 Å². The fourth-order valence-corrected chi connectivity index (χ4v) is 3.86. The minimum Gasteiger partial charge on any atom is -0.476 e. The molecule has 1 fully saturated rings. The van der Waals surface area contributed by atoms with Crippen molar-refractivity contribution in [2.24, 2.45) is 5.73 Å². The predicted molar refractivity (Wildman–Crippen MR) is 125 cm³/mol. The number of anilines is 4. The minimum atomic E-state index is -1.54. The van der Waals surface area contributed by atoms with Crippen LogP contribution < -0.4 is 27.4 Å². The second-order valence-corrected chi connectivity index (χ2v) is 8.01. The smallest absolute Gasteiger partial charge is 0.356 e. The molecule has 4 rings (SSSR count). The van der Waals surface area contributed by atoms with Gasteiger partial charge in [0, 0.05) is 37.5 Å². The minimum absolute atomic E-state index is 0.0181. The molecule has 35 heavy (non-hydrogen) atoms. The zero-order valence-electron chi connectivity index (χ0n) is 18.3. The Kier molecular flexibility index (Phi) is 6.42. The van der Waals surface area contributed by atoms with Crippen LogP contribution >= 0.6 is 0 Å². The molecule has 4 heterocycles. The van der Waals surface area contributed by atoms with Gasteiger partial charge in [-0.05, 0) is 18.9 Å². The van der Waals surface area contributed by atoms with Gasteiger partial charge in [0.25, 0.3) is 5.91 Å². The first-order chi connectivity index (χ1) is 16.7. The summed E-state index contributed by atoms with van der Waals surface area (Å²) in [5.41, 5.74) is 15.1. The van der Waals surface area contributed by atoms with Gasteiger partial charge < -0.3 is 32.5 Å². The van der Waals surface area contributed by atoms with Crippen LogP contribution in [0.15, 0.2) is 30.6 Å². The zero-order valence-corrected chi connectivity index (χ0v) is 18.3. The van der Waals surface area contributed by atoms with Crippen LogP contribution in [0.25, 0.3) is 11.4 Å². The SMILES string of the molecule is Nc1cc(F)c(-c2nc(C(=O)Nc3cnccc3N3CCCC(N)C3)c(N)cc2F)nc1C(=O)O. The van der Waals surface area contributed by atoms with Gasteiger partial charge in [-0.3, -0.25) is 9.78 Å². The van der Waals surface area contributed by atoms with Gasteiger partial charge in [0.1, 0.15) is 11.4 Å². The number of carboxylic acids is 1. The fourth-order valence-electron chi connectivity index (χ4n) is 3.86. The number of nitrogens with two attached hydrogens (primary N) is 3. The zero-order chi connectivity index (χ0) is 25.3. The van der Waals surface area contributed by atoms with Gasteiger partial charge in [-0.15, -0.1) is 0 Å². The lowest BCUT2D eigenvalue weighted by Gasteiger charge is -2.33. The molecule has 1 aliphatic heterocycles. The Balaban J connectivity index is 1.70. The van der Waals surface area contributed by atoms with Crippen molar-refractivity contribution in [1.82, 2.24) is 15.0 Å². The number of carbonyl (C=O) groups is 2. The molecule has 3 aromatic heterocycles. The molecular weight excluding hydrogens is 462 g/mol. The molecule has 3 aromatic rings. The molecule has 182 valence electrons. The van der Waals surface area contributed by atoms with E-state index in [9.17, 15) is 23.5 Å². The predicted octanol–water partition coefficient (Wildman–Crippen LogP) is 1.86. The quantitative estimate of drug-likeness (QED) is 0.358. The summed E-state index contributed by atoms with van der Waals surface area (Å²) in [6.45, 7) is 1.32. The Hall–Kier alpha value is -4.39. The maximum absolute atomic E-state index is 14.7. The lowest BCUT2D eigenvalue weighted by atomic mass is 10.1. The highest BCUT2D eigenvalue weighted by molar-refractivity contribution is 6.08. The summed E-state index contributed by atoms with van der Waals surface area (Å²) >= 11 is 0. The van der Waals surface area contributed by atoms with Crippen LogP contribution in [0.5, 0.6) is 0 Å². The van der Waals surface area contributed by atoms with E-state index in [0.29, 0.717) is 24.0 Å². The number of carboxylic acid groups (broad SMARTS) is 1. The maximum Gasteiger partial charge on any atom is 0.356 e. The molecule has 13 heteroatoms. The lowest BCUT2D eigenvalue weighted by Crippen LogP contribution is -2.43. The number of halogens is 2. The topological polar surface area (TPSA) is 186 Å². The Bertz CT molecular complexity index is 1320. The number of rotatable bonds is 5. The average molecular weight is 484 g/mol. The van der Waals surface area contributed by atoms with Gasteiger partial charge in [0.05, 0.1) is 28.9 Å². The maximum atomic E-state index is 14.7. The normalized spacial score (nSPS) is 15.6. The second-order valence-electron chi connectivity index (χ2n) is 8.01. The third-order valence-electron chi connectivity index (χ3n) is 5.50. The lowest BCUT2D eigenvalue weighted by molar-refractivity contribution is 0.0691. The number of hydrogen-bond acceptors (Lipinski definition) is 9. The van der Waals surface area contributed by atoms with E-state index < -0.39 is 52.0 Å². The van der Waals surface area contributed by atoms with Crippen molar-refractivity contribution in [2.75, 3.05) is 34.8 Å². The number of hydrogen-bond donors (Lipinski definition) is 5. The molecule has 0 aliphatic carbocycles. The number of nitrogens with zero attached hydrogens (tertiary/aromatic N) is 4. The molecule has 0 radical (unpaired) electrons. The molecular formula is C22H22F2N8O3. The summed E-state index contributed by atoms with van der Waals surface area (Å²) in [6, 6.07) is 3.18. The van der Waals surface area contributed by atoms with Crippen LogP contribution in [0, 0.1) is 11.6 Å². The van der Waals surface area contributed by atoms with Gasteiger partial charge in [-0.25, -0.2) is 23.5 Å². The summed E-state index contributed by atoms with van der Waals surface area (Å²) in [5.74, 6) is -4.57. The molecule has 1 unspecified atom stereocenters. The van der Waals surface area contributed by atoms with E-state index in [0.717, 1.165) is 25.5 Å². The third kappa shape index (κ3) is 4.80. The number of aromatic nitrogens is 3. The first-order valence-electron chi connectivity index (χ1n) is 10.6. The Morgan fingerprint density at radius 1 is 1.09 bits per heavy atom. The Morgan fingerprint density at radius 2 is 1.71 bits per heavy atom. The van der Waals surface area contributed by atoms with Gasteiger partial charge in [-0.2, -0.15) is 0 Å². The largest absolute Gasteiger partial charge is 0.476 e. The van der Waals surface area contributed by atoms with E-state index >= 15 is 0 Å². The van der Waals surface area contributed by atoms with Crippen LogP contribution in [-0.4, -0.2) is 51.1 Å². The van der Waals surface area contributed by atoms with Gasteiger partial charge in [-0.1, -0.05) is 0 Å². The monoisotopic (exact) mass is 484 g/mol. The van der Waals surface area contributed by atoms with Crippen molar-refractivity contribution in [2.45, 2.75) is 18.9 Å². The van der Waals surface area contributed by atoms with E-state index in [1.54, 1.807) is 12.3 Å². The summed E-state index contributed by atoms with van der Waals surface area (Å²) in [7, 11) is 0. The molecule has 11 nitrogen and oxygen atoms in total. The molecule has 0 bridgehead atoms. The number of nitrogen functional groups attached to an aromatic ring is 2. The van der Waals surface area contributed by atoms with Crippen LogP contribution in [0.1, 0.15) is 33.8 Å². The highest BCUT2D eigenvalue weighted by Gasteiger charge is 2.25. The fraction of sp³-hybridized carbons (Fsp3) is 0.227. The van der Waals surface area contributed by atoms with Gasteiger partial charge in [0.15, 0.2) is 23.0 Å². The number of aromatic carboxylic acids is 1. The van der Waals surface area contributed by atoms with Crippen molar-refractivity contribution in [3.8, 4) is 11.4 Å². The van der Waals surface area contributed by atoms with E-state index in [1.807, 2.05) is 4.90 Å². The van der Waals surface area contributed by atoms with E-state index in [1.165, 1.54) is 6.20 Å². The van der Waals surface area contributed by atoms with Crippen LogP contribution in [-0.2, 0) is 0 Å². The van der Waals surface area contributed by atoms with Crippen molar-refractivity contribution in [1.29, 1.82) is 0 Å². The molecule has 1 amide bonds. The van der Waals surface area contributed by atoms with Crippen molar-refractivity contribution < 1.29 is 23.5 Å². The molecule has 0 aromatic carbocycles. The molecule has 1 saturated heterocycles. The first-order valence-corrected chi connectivity index (χ1v) is 10.6. The summed E-state index contributed by atoms with van der Waals surface area (Å²) in [5, 5.41) is 11.9. The van der Waals surface area contributed by atoms with Crippen molar-refractivity contribution in [3.05, 3.63) is 53.6 Å². The van der Waals surface area contributed by atoms with Crippen molar-refractivity contribution >= 4 is 34.6 Å². The highest BCUT2D eigenvalue weighted by atomic mass is 19.1. The second kappa shape index (κ2) is 9.46. The van der Waals surface area contributed by atoms with Crippen LogP contribution in [0.2, 0.25) is 0 Å². The molecule has 1 atom stereocenters. The molecule has 0 saturated carbocycles. The van der Waals surface area contributed by atoms with Gasteiger partial charge >= 0.3 is 5.97 Å². The number of amides is 1. The van der Waals surface area contributed by atoms with Crippen LogP contribution in [0.3, 0.4) is 0 Å². The highest BCUT2D eigenvalue weighted by Crippen LogP contribution is 2.30. The van der Waals surface area contributed by atoms with E-state index in [-0.39, 0.29) is 11.7 Å². The Labute approximate surface area is 198 Å². The number of nitrogens with one attached hydrogen (secondary N) is 1. The first kappa shape index (κ1) is 23.8. The third-order valence-corrected chi connectivity index (χ3v) is 5.50. The summed E-state index contributed by atoms with van der Waals surface area (Å²) < 4.78 is 29.2.